The Balaban J connectivity index is 1.90. The van der Waals surface area contributed by atoms with Gasteiger partial charge >= 0.3 is 0 Å². The topological polar surface area (TPSA) is 29.9 Å². The van der Waals surface area contributed by atoms with Crippen LogP contribution in [0.3, 0.4) is 0 Å². The molecule has 1 atom stereocenters. The van der Waals surface area contributed by atoms with Gasteiger partial charge in [0.1, 0.15) is 11.5 Å². The molecule has 21 heavy (non-hydrogen) atoms. The Morgan fingerprint density at radius 2 is 2.05 bits per heavy atom. The van der Waals surface area contributed by atoms with Gasteiger partial charge in [-0.3, -0.25) is 0 Å². The van der Waals surface area contributed by atoms with Crippen molar-refractivity contribution in [3.05, 3.63) is 47.0 Å². The number of nitrogens with zero attached hydrogens (tertiary/aromatic N) is 2. The van der Waals surface area contributed by atoms with Gasteiger partial charge in [-0.2, -0.15) is 5.10 Å². The number of nitrogens with one attached hydrogen (secondary N) is 1. The molecule has 0 amide bonds. The van der Waals surface area contributed by atoms with E-state index in [9.17, 15) is 4.39 Å². The van der Waals surface area contributed by atoms with Crippen molar-refractivity contribution in [3.8, 4) is 5.69 Å². The van der Waals surface area contributed by atoms with E-state index in [1.165, 1.54) is 24.5 Å². The monoisotopic (exact) mass is 287 g/mol. The van der Waals surface area contributed by atoms with Gasteiger partial charge in [-0.05, 0) is 44.7 Å². The van der Waals surface area contributed by atoms with Crippen LogP contribution < -0.4 is 5.32 Å². The highest BCUT2D eigenvalue weighted by atomic mass is 19.1. The molecule has 1 fully saturated rings. The lowest BCUT2D eigenvalue weighted by molar-refractivity contribution is 0.603. The van der Waals surface area contributed by atoms with Gasteiger partial charge < -0.3 is 5.32 Å². The molecule has 1 N–H and O–H groups in total. The molecule has 2 aromatic rings. The Labute approximate surface area is 125 Å². The van der Waals surface area contributed by atoms with E-state index in [1.54, 1.807) is 16.8 Å². The zero-order valence-corrected chi connectivity index (χ0v) is 12.9. The number of aromatic nitrogens is 2. The van der Waals surface area contributed by atoms with E-state index in [-0.39, 0.29) is 5.82 Å². The molecule has 112 valence electrons. The highest BCUT2D eigenvalue weighted by Crippen LogP contribution is 2.27. The fourth-order valence-corrected chi connectivity index (χ4v) is 2.96. The van der Waals surface area contributed by atoms with Crippen LogP contribution in [0.15, 0.2) is 24.3 Å². The molecule has 0 radical (unpaired) electrons. The standard InChI is InChI=1S/C17H22FN3/c1-11(10-19-14-8-9-14)17-12(2)20-21(13(17)3)16-7-5-4-6-15(16)18/h4-7,11,14,19H,8-10H2,1-3H3. The van der Waals surface area contributed by atoms with Crippen LogP contribution in [-0.4, -0.2) is 22.4 Å². The predicted octanol–water partition coefficient (Wildman–Crippen LogP) is 3.48. The fraction of sp³-hybridized carbons (Fsp3) is 0.471. The Kier molecular flexibility index (Phi) is 3.81. The molecule has 1 saturated carbocycles. The number of hydrogen-bond acceptors (Lipinski definition) is 2. The van der Waals surface area contributed by atoms with E-state index in [1.807, 2.05) is 19.9 Å². The van der Waals surface area contributed by atoms with Crippen molar-refractivity contribution in [2.75, 3.05) is 6.54 Å². The van der Waals surface area contributed by atoms with Gasteiger partial charge in [-0.15, -0.1) is 0 Å². The summed E-state index contributed by atoms with van der Waals surface area (Å²) in [5.41, 5.74) is 3.77. The third-order valence-corrected chi connectivity index (χ3v) is 4.21. The van der Waals surface area contributed by atoms with Gasteiger partial charge in [0.05, 0.1) is 5.69 Å². The maximum Gasteiger partial charge on any atom is 0.148 e. The van der Waals surface area contributed by atoms with Crippen molar-refractivity contribution in [1.82, 2.24) is 15.1 Å². The van der Waals surface area contributed by atoms with Crippen LogP contribution in [0.25, 0.3) is 5.69 Å². The minimum absolute atomic E-state index is 0.238. The van der Waals surface area contributed by atoms with Gasteiger partial charge in [0.2, 0.25) is 0 Å². The molecule has 3 rings (SSSR count). The third-order valence-electron chi connectivity index (χ3n) is 4.21. The van der Waals surface area contributed by atoms with Crippen LogP contribution in [0.1, 0.15) is 42.6 Å². The highest BCUT2D eigenvalue weighted by Gasteiger charge is 2.24. The average molecular weight is 287 g/mol. The van der Waals surface area contributed by atoms with Crippen molar-refractivity contribution in [2.24, 2.45) is 0 Å². The van der Waals surface area contributed by atoms with Crippen molar-refractivity contribution in [1.29, 1.82) is 0 Å². The van der Waals surface area contributed by atoms with Crippen LogP contribution >= 0.6 is 0 Å². The molecule has 1 aromatic carbocycles. The fourth-order valence-electron chi connectivity index (χ4n) is 2.96. The molecule has 1 aromatic heterocycles. The zero-order chi connectivity index (χ0) is 15.0. The summed E-state index contributed by atoms with van der Waals surface area (Å²) in [6, 6.07) is 7.49. The SMILES string of the molecule is Cc1nn(-c2ccccc2F)c(C)c1C(C)CNC1CC1. The normalized spacial score (nSPS) is 16.2. The zero-order valence-electron chi connectivity index (χ0n) is 12.9. The van der Waals surface area contributed by atoms with Gasteiger partial charge in [-0.1, -0.05) is 19.1 Å². The van der Waals surface area contributed by atoms with E-state index < -0.39 is 0 Å². The number of aryl methyl sites for hydroxylation is 1. The molecule has 0 bridgehead atoms. The van der Waals surface area contributed by atoms with E-state index in [4.69, 9.17) is 0 Å². The molecule has 4 heteroatoms. The Bertz CT molecular complexity index is 643. The average Bonchev–Trinajstić information content (AvgIpc) is 3.23. The lowest BCUT2D eigenvalue weighted by Crippen LogP contribution is -2.22. The summed E-state index contributed by atoms with van der Waals surface area (Å²) in [5.74, 6) is 0.143. The van der Waals surface area contributed by atoms with Crippen molar-refractivity contribution in [3.63, 3.8) is 0 Å². The lowest BCUT2D eigenvalue weighted by atomic mass is 9.99. The lowest BCUT2D eigenvalue weighted by Gasteiger charge is -2.13. The minimum atomic E-state index is -0.238. The predicted molar refractivity (Wildman–Crippen MR) is 82.4 cm³/mol. The summed E-state index contributed by atoms with van der Waals surface area (Å²) >= 11 is 0. The molecule has 1 aliphatic rings. The second kappa shape index (κ2) is 5.60. The van der Waals surface area contributed by atoms with Crippen molar-refractivity contribution in [2.45, 2.75) is 45.6 Å². The quantitative estimate of drug-likeness (QED) is 0.912. The summed E-state index contributed by atoms with van der Waals surface area (Å²) in [6.45, 7) is 7.19. The maximum absolute atomic E-state index is 14.0. The molecule has 1 unspecified atom stereocenters. The highest BCUT2D eigenvalue weighted by molar-refractivity contribution is 5.39. The van der Waals surface area contributed by atoms with Crippen molar-refractivity contribution < 1.29 is 4.39 Å². The summed E-state index contributed by atoms with van der Waals surface area (Å²) in [5, 5.41) is 8.11. The molecule has 0 spiro atoms. The minimum Gasteiger partial charge on any atom is -0.313 e. The summed E-state index contributed by atoms with van der Waals surface area (Å²) < 4.78 is 15.7. The largest absolute Gasteiger partial charge is 0.313 e. The van der Waals surface area contributed by atoms with Crippen molar-refractivity contribution >= 4 is 0 Å². The first kappa shape index (κ1) is 14.3. The Hall–Kier alpha value is -1.68. The van der Waals surface area contributed by atoms with Gasteiger partial charge in [-0.25, -0.2) is 9.07 Å². The van der Waals surface area contributed by atoms with E-state index in [0.29, 0.717) is 17.6 Å². The van der Waals surface area contributed by atoms with E-state index in [2.05, 4.69) is 17.3 Å². The van der Waals surface area contributed by atoms with Gasteiger partial charge in [0.15, 0.2) is 0 Å². The molecular weight excluding hydrogens is 265 g/mol. The van der Waals surface area contributed by atoms with E-state index in [0.717, 1.165) is 17.9 Å². The molecule has 1 aliphatic carbocycles. The third kappa shape index (κ3) is 2.86. The Morgan fingerprint density at radius 1 is 1.33 bits per heavy atom. The molecule has 1 heterocycles. The molecular formula is C17H22FN3. The number of hydrogen-bond donors (Lipinski definition) is 1. The number of benzene rings is 1. The summed E-state index contributed by atoms with van der Waals surface area (Å²) in [7, 11) is 0. The summed E-state index contributed by atoms with van der Waals surface area (Å²) in [4.78, 5) is 0. The first-order chi connectivity index (χ1) is 10.1. The van der Waals surface area contributed by atoms with Crippen LogP contribution in [0, 0.1) is 19.7 Å². The van der Waals surface area contributed by atoms with Gasteiger partial charge in [0.25, 0.3) is 0 Å². The Morgan fingerprint density at radius 3 is 2.71 bits per heavy atom. The first-order valence-corrected chi connectivity index (χ1v) is 7.62. The van der Waals surface area contributed by atoms with E-state index >= 15 is 0 Å². The number of rotatable bonds is 5. The van der Waals surface area contributed by atoms with Crippen LogP contribution in [0.5, 0.6) is 0 Å². The van der Waals surface area contributed by atoms with Gasteiger partial charge in [0, 0.05) is 23.8 Å². The number of para-hydroxylation sites is 1. The molecule has 0 saturated heterocycles. The summed E-state index contributed by atoms with van der Waals surface area (Å²) in [6.07, 6.45) is 2.58. The maximum atomic E-state index is 14.0. The number of halogens is 1. The van der Waals surface area contributed by atoms with Crippen LogP contribution in [0.2, 0.25) is 0 Å². The first-order valence-electron chi connectivity index (χ1n) is 7.62. The van der Waals surface area contributed by atoms with Crippen LogP contribution in [0.4, 0.5) is 4.39 Å². The molecule has 3 nitrogen and oxygen atoms in total. The second-order valence-electron chi connectivity index (χ2n) is 6.03. The van der Waals surface area contributed by atoms with Crippen LogP contribution in [-0.2, 0) is 0 Å². The molecule has 0 aliphatic heterocycles. The smallest absolute Gasteiger partial charge is 0.148 e. The second-order valence-corrected chi connectivity index (χ2v) is 6.03.